The Kier molecular flexibility index (Phi) is 8.02. The number of aliphatic hydroxyl groups is 1. The summed E-state index contributed by atoms with van der Waals surface area (Å²) in [5, 5.41) is 8.92. The summed E-state index contributed by atoms with van der Waals surface area (Å²) in [5.41, 5.74) is 2.44. The number of nitrogens with two attached hydrogens (primary N) is 1. The second kappa shape index (κ2) is 6.15. The van der Waals surface area contributed by atoms with Crippen molar-refractivity contribution in [2.75, 3.05) is 13.2 Å². The molecular weight excluding hydrogens is 179 g/mol. The highest BCUT2D eigenvalue weighted by molar-refractivity contribution is 5.85. The molecule has 2 atom stereocenters. The van der Waals surface area contributed by atoms with Gasteiger partial charge in [0.15, 0.2) is 0 Å². The molecule has 1 saturated heterocycles. The minimum Gasteiger partial charge on any atom is -0.389 e. The lowest BCUT2D eigenvalue weighted by Crippen LogP contribution is -2.42. The van der Waals surface area contributed by atoms with E-state index in [-0.39, 0.29) is 30.9 Å². The summed E-state index contributed by atoms with van der Waals surface area (Å²) >= 11 is 0. The number of ether oxygens (including phenoxy) is 1. The Morgan fingerprint density at radius 3 is 2.20 bits per heavy atom. The maximum atomic E-state index is 8.92. The van der Waals surface area contributed by atoms with Gasteiger partial charge >= 0.3 is 0 Å². The van der Waals surface area contributed by atoms with E-state index in [2.05, 4.69) is 5.43 Å². The monoisotopic (exact) mass is 190 g/mol. The lowest BCUT2D eigenvalue weighted by molar-refractivity contribution is 0.122. The van der Waals surface area contributed by atoms with Gasteiger partial charge in [0.25, 0.3) is 0 Å². The molecule has 0 aromatic heterocycles. The highest BCUT2D eigenvalue weighted by Crippen LogP contribution is 2.02. The summed E-state index contributed by atoms with van der Waals surface area (Å²) in [6.45, 7) is 0.909. The van der Waals surface area contributed by atoms with Crippen molar-refractivity contribution in [3.05, 3.63) is 0 Å². The van der Waals surface area contributed by atoms with Gasteiger partial charge in [-0.15, -0.1) is 24.8 Å². The quantitative estimate of drug-likeness (QED) is 0.369. The Morgan fingerprint density at radius 2 is 2.00 bits per heavy atom. The summed E-state index contributed by atoms with van der Waals surface area (Å²) in [4.78, 5) is 0. The third-order valence-electron chi connectivity index (χ3n) is 1.26. The smallest absolute Gasteiger partial charge is 0.0962 e. The topological polar surface area (TPSA) is 67.5 Å². The normalized spacial score (nSPS) is 30.6. The number of nitrogens with one attached hydrogen (secondary N) is 1. The standard InChI is InChI=1S/C4H10N2O2.2ClH/c5-6-3-1-8-2-4(3)7;;/h3-4,6-7H,1-2,5H2;2*1H. The van der Waals surface area contributed by atoms with Crippen molar-refractivity contribution in [3.63, 3.8) is 0 Å². The molecule has 1 rings (SSSR count). The van der Waals surface area contributed by atoms with Crippen LogP contribution in [-0.4, -0.2) is 30.5 Å². The first-order valence-corrected chi connectivity index (χ1v) is 2.56. The van der Waals surface area contributed by atoms with E-state index in [1.54, 1.807) is 0 Å². The van der Waals surface area contributed by atoms with E-state index in [9.17, 15) is 0 Å². The van der Waals surface area contributed by atoms with E-state index in [4.69, 9.17) is 15.7 Å². The van der Waals surface area contributed by atoms with E-state index >= 15 is 0 Å². The fourth-order valence-corrected chi connectivity index (χ4v) is 0.702. The maximum Gasteiger partial charge on any atom is 0.0962 e. The molecule has 4 N–H and O–H groups in total. The summed E-state index contributed by atoms with van der Waals surface area (Å²) in [5.74, 6) is 5.03. The van der Waals surface area contributed by atoms with Crippen molar-refractivity contribution in [3.8, 4) is 0 Å². The molecule has 64 valence electrons. The van der Waals surface area contributed by atoms with Crippen molar-refractivity contribution < 1.29 is 9.84 Å². The van der Waals surface area contributed by atoms with Crippen molar-refractivity contribution >= 4 is 24.8 Å². The third kappa shape index (κ3) is 3.01. The molecule has 6 heteroatoms. The molecule has 10 heavy (non-hydrogen) atoms. The molecule has 0 spiro atoms. The maximum absolute atomic E-state index is 8.92. The van der Waals surface area contributed by atoms with Crippen LogP contribution in [0.4, 0.5) is 0 Å². The fraction of sp³-hybridized carbons (Fsp3) is 1.00. The van der Waals surface area contributed by atoms with Crippen molar-refractivity contribution in [1.29, 1.82) is 0 Å². The second-order valence-electron chi connectivity index (χ2n) is 1.88. The molecule has 0 aliphatic carbocycles. The van der Waals surface area contributed by atoms with Crippen LogP contribution < -0.4 is 11.3 Å². The van der Waals surface area contributed by atoms with Crippen molar-refractivity contribution in [2.24, 2.45) is 5.84 Å². The van der Waals surface area contributed by atoms with E-state index in [1.807, 2.05) is 0 Å². The highest BCUT2D eigenvalue weighted by Gasteiger charge is 2.24. The van der Waals surface area contributed by atoms with Crippen LogP contribution in [0.15, 0.2) is 0 Å². The zero-order chi connectivity index (χ0) is 5.98. The SMILES string of the molecule is Cl.Cl.NNC1COCC1O. The number of hydrogen-bond donors (Lipinski definition) is 3. The van der Waals surface area contributed by atoms with Gasteiger partial charge in [-0.2, -0.15) is 0 Å². The Labute approximate surface area is 71.9 Å². The van der Waals surface area contributed by atoms with Crippen LogP contribution in [0.2, 0.25) is 0 Å². The molecule has 0 saturated carbocycles. The van der Waals surface area contributed by atoms with E-state index in [0.29, 0.717) is 13.2 Å². The minimum atomic E-state index is -0.431. The second-order valence-corrected chi connectivity index (χ2v) is 1.88. The van der Waals surface area contributed by atoms with Crippen LogP contribution in [-0.2, 0) is 4.74 Å². The van der Waals surface area contributed by atoms with Gasteiger partial charge in [-0.05, 0) is 0 Å². The van der Waals surface area contributed by atoms with E-state index in [1.165, 1.54) is 0 Å². The lowest BCUT2D eigenvalue weighted by atomic mass is 10.2. The number of hydrogen-bond acceptors (Lipinski definition) is 4. The van der Waals surface area contributed by atoms with Crippen LogP contribution in [0, 0.1) is 0 Å². The average Bonchev–Trinajstić information content (AvgIpc) is 2.14. The Bertz CT molecular complexity index is 85.7. The average molecular weight is 191 g/mol. The van der Waals surface area contributed by atoms with Crippen LogP contribution in [0.25, 0.3) is 0 Å². The van der Waals surface area contributed by atoms with Crippen LogP contribution in [0.1, 0.15) is 0 Å². The zero-order valence-electron chi connectivity index (χ0n) is 5.32. The first-order chi connectivity index (χ1) is 3.84. The Hall–Kier alpha value is 0.420. The fourth-order valence-electron chi connectivity index (χ4n) is 0.702. The van der Waals surface area contributed by atoms with Gasteiger partial charge in [0.05, 0.1) is 25.4 Å². The van der Waals surface area contributed by atoms with Crippen LogP contribution in [0.3, 0.4) is 0 Å². The summed E-state index contributed by atoms with van der Waals surface area (Å²) in [7, 11) is 0. The molecule has 0 bridgehead atoms. The van der Waals surface area contributed by atoms with E-state index in [0.717, 1.165) is 0 Å². The van der Waals surface area contributed by atoms with Gasteiger partial charge in [0.1, 0.15) is 0 Å². The molecule has 0 aromatic rings. The number of rotatable bonds is 1. The molecule has 0 amide bonds. The molecule has 1 aliphatic heterocycles. The Balaban J connectivity index is 0. The van der Waals surface area contributed by atoms with Crippen LogP contribution in [0.5, 0.6) is 0 Å². The van der Waals surface area contributed by atoms with Gasteiger partial charge in [-0.3, -0.25) is 11.3 Å². The summed E-state index contributed by atoms with van der Waals surface area (Å²) in [6, 6.07) is -0.0741. The third-order valence-corrected chi connectivity index (χ3v) is 1.26. The molecule has 0 radical (unpaired) electrons. The molecule has 1 heterocycles. The van der Waals surface area contributed by atoms with Gasteiger partial charge in [-0.1, -0.05) is 0 Å². The van der Waals surface area contributed by atoms with Gasteiger partial charge in [-0.25, -0.2) is 0 Å². The molecule has 1 aliphatic rings. The van der Waals surface area contributed by atoms with Gasteiger partial charge < -0.3 is 9.84 Å². The lowest BCUT2D eigenvalue weighted by Gasteiger charge is -2.08. The Morgan fingerprint density at radius 1 is 1.40 bits per heavy atom. The van der Waals surface area contributed by atoms with Crippen LogP contribution >= 0.6 is 24.8 Å². The zero-order valence-corrected chi connectivity index (χ0v) is 6.95. The molecular formula is C4H12Cl2N2O2. The van der Waals surface area contributed by atoms with Gasteiger partial charge in [0.2, 0.25) is 0 Å². The number of aliphatic hydroxyl groups excluding tert-OH is 1. The predicted molar refractivity (Wildman–Crippen MR) is 42.4 cm³/mol. The first kappa shape index (κ1) is 13.0. The molecule has 0 aromatic carbocycles. The van der Waals surface area contributed by atoms with Crippen molar-refractivity contribution in [1.82, 2.24) is 5.43 Å². The molecule has 4 nitrogen and oxygen atoms in total. The van der Waals surface area contributed by atoms with E-state index < -0.39 is 6.10 Å². The number of halogens is 2. The highest BCUT2D eigenvalue weighted by atomic mass is 35.5. The first-order valence-electron chi connectivity index (χ1n) is 2.56. The number of hydrazine groups is 1. The predicted octanol–water partition coefficient (Wildman–Crippen LogP) is -0.947. The van der Waals surface area contributed by atoms with Gasteiger partial charge in [0, 0.05) is 0 Å². The summed E-state index contributed by atoms with van der Waals surface area (Å²) in [6.07, 6.45) is -0.431. The molecule has 2 unspecified atom stereocenters. The summed E-state index contributed by atoms with van der Waals surface area (Å²) < 4.78 is 4.87. The molecule has 1 fully saturated rings. The van der Waals surface area contributed by atoms with Crippen molar-refractivity contribution in [2.45, 2.75) is 12.1 Å². The minimum absolute atomic E-state index is 0. The largest absolute Gasteiger partial charge is 0.389 e.